The summed E-state index contributed by atoms with van der Waals surface area (Å²) >= 11 is 0. The van der Waals surface area contributed by atoms with Crippen molar-refractivity contribution in [2.75, 3.05) is 19.6 Å². The first kappa shape index (κ1) is 20.5. The lowest BCUT2D eigenvalue weighted by atomic mass is 10.1. The number of rotatable bonds is 9. The van der Waals surface area contributed by atoms with Gasteiger partial charge in [0.25, 0.3) is 0 Å². The van der Waals surface area contributed by atoms with Crippen LogP contribution < -0.4 is 16.0 Å². The zero-order chi connectivity index (χ0) is 14.0. The van der Waals surface area contributed by atoms with Gasteiger partial charge in [-0.15, -0.1) is 12.4 Å². The van der Waals surface area contributed by atoms with Gasteiger partial charge in [0.1, 0.15) is 0 Å². The van der Waals surface area contributed by atoms with Crippen molar-refractivity contribution in [1.29, 1.82) is 0 Å². The maximum Gasteiger partial charge on any atom is 0.239 e. The second-order valence-electron chi connectivity index (χ2n) is 4.97. The minimum atomic E-state index is -0.141. The summed E-state index contributed by atoms with van der Waals surface area (Å²) in [6.07, 6.45) is 1.34. The Balaban J connectivity index is 0. The van der Waals surface area contributed by atoms with E-state index in [9.17, 15) is 9.59 Å². The minimum Gasteiger partial charge on any atom is -0.353 e. The molecule has 0 unspecified atom stereocenters. The summed E-state index contributed by atoms with van der Waals surface area (Å²) in [4.78, 5) is 22.8. The lowest BCUT2D eigenvalue weighted by Crippen LogP contribution is -2.43. The summed E-state index contributed by atoms with van der Waals surface area (Å²) in [5.41, 5.74) is 0. The second kappa shape index (κ2) is 12.2. The first-order valence-electron chi connectivity index (χ1n) is 6.72. The van der Waals surface area contributed by atoms with Crippen LogP contribution in [0.4, 0.5) is 0 Å². The Kier molecular flexibility index (Phi) is 13.2. The molecule has 0 saturated heterocycles. The topological polar surface area (TPSA) is 70.2 Å². The van der Waals surface area contributed by atoms with Gasteiger partial charge in [-0.3, -0.25) is 9.59 Å². The molecule has 2 amide bonds. The molecule has 0 aromatic heterocycles. The van der Waals surface area contributed by atoms with Crippen molar-refractivity contribution < 1.29 is 9.59 Å². The zero-order valence-electron chi connectivity index (χ0n) is 12.4. The van der Waals surface area contributed by atoms with Crippen LogP contribution in [0.1, 0.15) is 40.5 Å². The number of carbonyl (C=O) groups is 2. The molecule has 0 aromatic rings. The molecule has 0 bridgehead atoms. The van der Waals surface area contributed by atoms with E-state index in [2.05, 4.69) is 29.8 Å². The molecule has 0 aliphatic rings. The fourth-order valence-corrected chi connectivity index (χ4v) is 1.44. The fraction of sp³-hybridized carbons (Fsp3) is 0.846. The number of likely N-dealkylation sites (N-methyl/N-ethyl adjacent to an activating group) is 1. The van der Waals surface area contributed by atoms with Crippen LogP contribution in [0.15, 0.2) is 0 Å². The van der Waals surface area contributed by atoms with E-state index >= 15 is 0 Å². The Morgan fingerprint density at radius 3 is 2.21 bits per heavy atom. The third kappa shape index (κ3) is 13.4. The Morgan fingerprint density at radius 1 is 1.05 bits per heavy atom. The molecule has 0 fully saturated rings. The van der Waals surface area contributed by atoms with Crippen LogP contribution in [0.3, 0.4) is 0 Å². The van der Waals surface area contributed by atoms with E-state index in [4.69, 9.17) is 0 Å². The van der Waals surface area contributed by atoms with Gasteiger partial charge >= 0.3 is 0 Å². The highest BCUT2D eigenvalue weighted by Gasteiger charge is 2.07. The van der Waals surface area contributed by atoms with Gasteiger partial charge in [0.15, 0.2) is 0 Å². The van der Waals surface area contributed by atoms with Crippen molar-refractivity contribution in [3.05, 3.63) is 0 Å². The smallest absolute Gasteiger partial charge is 0.239 e. The summed E-state index contributed by atoms with van der Waals surface area (Å²) < 4.78 is 0. The molecule has 5 nitrogen and oxygen atoms in total. The van der Waals surface area contributed by atoms with Gasteiger partial charge in [-0.1, -0.05) is 20.8 Å². The Bertz CT molecular complexity index is 260. The van der Waals surface area contributed by atoms with Gasteiger partial charge in [-0.25, -0.2) is 0 Å². The standard InChI is InChI=1S/C13H27N3O2.ClH/c1-5-14-11(4)8-15-13(18)9-16-12(17)7-6-10(2)3;/h10-11,14H,5-9H2,1-4H3,(H,15,18)(H,16,17);1H/t11-;/m1./s1. The summed E-state index contributed by atoms with van der Waals surface area (Å²) in [5, 5.41) is 8.59. The minimum absolute atomic E-state index is 0. The number of carbonyl (C=O) groups excluding carboxylic acids is 2. The summed E-state index contributed by atoms with van der Waals surface area (Å²) in [7, 11) is 0. The molecule has 0 heterocycles. The average Bonchev–Trinajstić information content (AvgIpc) is 2.31. The van der Waals surface area contributed by atoms with E-state index in [-0.39, 0.29) is 36.8 Å². The Labute approximate surface area is 122 Å². The molecular weight excluding hydrogens is 266 g/mol. The Morgan fingerprint density at radius 2 is 1.68 bits per heavy atom. The number of halogens is 1. The van der Waals surface area contributed by atoms with Crippen molar-refractivity contribution in [1.82, 2.24) is 16.0 Å². The number of hydrogen-bond acceptors (Lipinski definition) is 3. The van der Waals surface area contributed by atoms with Crippen LogP contribution in [0.25, 0.3) is 0 Å². The predicted octanol–water partition coefficient (Wildman–Crippen LogP) is 1.07. The highest BCUT2D eigenvalue weighted by molar-refractivity contribution is 5.85. The first-order chi connectivity index (χ1) is 8.45. The van der Waals surface area contributed by atoms with E-state index in [1.165, 1.54) is 0 Å². The van der Waals surface area contributed by atoms with Gasteiger partial charge in [0, 0.05) is 19.0 Å². The van der Waals surface area contributed by atoms with Gasteiger partial charge in [0.05, 0.1) is 6.54 Å². The van der Waals surface area contributed by atoms with E-state index in [1.807, 2.05) is 13.8 Å². The molecule has 6 heteroatoms. The maximum atomic E-state index is 11.4. The van der Waals surface area contributed by atoms with E-state index in [0.29, 0.717) is 18.9 Å². The van der Waals surface area contributed by atoms with Crippen molar-refractivity contribution in [3.8, 4) is 0 Å². The van der Waals surface area contributed by atoms with E-state index in [1.54, 1.807) is 0 Å². The van der Waals surface area contributed by atoms with Gasteiger partial charge in [0.2, 0.25) is 11.8 Å². The highest BCUT2D eigenvalue weighted by Crippen LogP contribution is 2.02. The van der Waals surface area contributed by atoms with Gasteiger partial charge in [-0.2, -0.15) is 0 Å². The zero-order valence-corrected chi connectivity index (χ0v) is 13.2. The molecular formula is C13H28ClN3O2. The molecule has 0 aliphatic carbocycles. The first-order valence-corrected chi connectivity index (χ1v) is 6.72. The second-order valence-corrected chi connectivity index (χ2v) is 4.97. The van der Waals surface area contributed by atoms with Crippen LogP contribution in [0, 0.1) is 5.92 Å². The van der Waals surface area contributed by atoms with Crippen molar-refractivity contribution in [2.24, 2.45) is 5.92 Å². The Hall–Kier alpha value is -0.810. The summed E-state index contributed by atoms with van der Waals surface area (Å²) in [6.45, 7) is 9.69. The molecule has 3 N–H and O–H groups in total. The normalized spacial score (nSPS) is 11.6. The van der Waals surface area contributed by atoms with Crippen LogP contribution in [0.2, 0.25) is 0 Å². The van der Waals surface area contributed by atoms with Gasteiger partial charge in [-0.05, 0) is 25.8 Å². The summed E-state index contributed by atoms with van der Waals surface area (Å²) in [6, 6.07) is 0.246. The number of hydrogen-bond donors (Lipinski definition) is 3. The van der Waals surface area contributed by atoms with Crippen LogP contribution in [-0.4, -0.2) is 37.5 Å². The molecule has 0 aliphatic heterocycles. The fourth-order valence-electron chi connectivity index (χ4n) is 1.44. The molecule has 19 heavy (non-hydrogen) atoms. The highest BCUT2D eigenvalue weighted by atomic mass is 35.5. The molecule has 0 aromatic carbocycles. The van der Waals surface area contributed by atoms with Crippen LogP contribution >= 0.6 is 12.4 Å². The van der Waals surface area contributed by atoms with Crippen molar-refractivity contribution in [2.45, 2.75) is 46.6 Å². The summed E-state index contributed by atoms with van der Waals surface area (Å²) in [5.74, 6) is 0.307. The third-order valence-corrected chi connectivity index (χ3v) is 2.55. The molecule has 0 radical (unpaired) electrons. The largest absolute Gasteiger partial charge is 0.353 e. The molecule has 114 valence electrons. The van der Waals surface area contributed by atoms with Crippen LogP contribution in [0.5, 0.6) is 0 Å². The van der Waals surface area contributed by atoms with Crippen LogP contribution in [-0.2, 0) is 9.59 Å². The molecule has 0 spiro atoms. The SMILES string of the molecule is CCN[C@H](C)CNC(=O)CNC(=O)CCC(C)C.Cl. The van der Waals surface area contributed by atoms with E-state index < -0.39 is 0 Å². The lowest BCUT2D eigenvalue weighted by Gasteiger charge is -2.13. The molecule has 1 atom stereocenters. The number of nitrogens with one attached hydrogen (secondary N) is 3. The maximum absolute atomic E-state index is 11.4. The van der Waals surface area contributed by atoms with E-state index in [0.717, 1.165) is 13.0 Å². The van der Waals surface area contributed by atoms with Gasteiger partial charge < -0.3 is 16.0 Å². The third-order valence-electron chi connectivity index (χ3n) is 2.55. The molecule has 0 saturated carbocycles. The van der Waals surface area contributed by atoms with Crippen molar-refractivity contribution in [3.63, 3.8) is 0 Å². The predicted molar refractivity (Wildman–Crippen MR) is 80.5 cm³/mol. The average molecular weight is 294 g/mol. The number of amides is 2. The monoisotopic (exact) mass is 293 g/mol. The van der Waals surface area contributed by atoms with Crippen molar-refractivity contribution >= 4 is 24.2 Å². The molecule has 0 rings (SSSR count). The quantitative estimate of drug-likeness (QED) is 0.596. The lowest BCUT2D eigenvalue weighted by molar-refractivity contribution is -0.126.